The molecule has 2 heterocycles. The molecule has 0 bridgehead atoms. The van der Waals surface area contributed by atoms with E-state index in [0.29, 0.717) is 6.54 Å². The van der Waals surface area contributed by atoms with Crippen LogP contribution in [0.3, 0.4) is 0 Å². The molecular formula is C16H17N3O2. The number of aromatic nitrogens is 3. The molecular weight excluding hydrogens is 266 g/mol. The second kappa shape index (κ2) is 5.44. The molecule has 1 aromatic carbocycles. The lowest BCUT2D eigenvalue weighted by molar-refractivity contribution is -0.136. The zero-order chi connectivity index (χ0) is 14.8. The molecule has 5 heteroatoms. The molecule has 2 aromatic heterocycles. The predicted octanol–water partition coefficient (Wildman–Crippen LogP) is 2.53. The van der Waals surface area contributed by atoms with Gasteiger partial charge in [0.05, 0.1) is 25.0 Å². The van der Waals surface area contributed by atoms with Gasteiger partial charge in [0, 0.05) is 29.8 Å². The van der Waals surface area contributed by atoms with E-state index < -0.39 is 5.97 Å². The molecule has 0 saturated heterocycles. The number of carboxylic acid groups (broad SMARTS) is 1. The first kappa shape index (κ1) is 13.4. The molecule has 3 aromatic rings. The Morgan fingerprint density at radius 1 is 1.29 bits per heavy atom. The van der Waals surface area contributed by atoms with E-state index in [2.05, 4.69) is 21.0 Å². The molecule has 0 atom stereocenters. The fourth-order valence-corrected chi connectivity index (χ4v) is 2.70. The van der Waals surface area contributed by atoms with Crippen molar-refractivity contribution in [3.63, 3.8) is 0 Å². The summed E-state index contributed by atoms with van der Waals surface area (Å²) >= 11 is 0. The summed E-state index contributed by atoms with van der Waals surface area (Å²) in [6, 6.07) is 7.91. The average Bonchev–Trinajstić information content (AvgIpc) is 3.05. The second-order valence-electron chi connectivity index (χ2n) is 5.04. The van der Waals surface area contributed by atoms with Crippen LogP contribution in [0.2, 0.25) is 0 Å². The van der Waals surface area contributed by atoms with Gasteiger partial charge in [-0.05, 0) is 18.6 Å². The molecule has 0 aliphatic rings. The van der Waals surface area contributed by atoms with Gasteiger partial charge in [-0.15, -0.1) is 0 Å². The van der Waals surface area contributed by atoms with E-state index in [0.717, 1.165) is 28.7 Å². The predicted molar refractivity (Wildman–Crippen MR) is 80.3 cm³/mol. The fraction of sp³-hybridized carbons (Fsp3) is 0.250. The Balaban J connectivity index is 2.04. The van der Waals surface area contributed by atoms with Gasteiger partial charge in [-0.1, -0.05) is 18.2 Å². The van der Waals surface area contributed by atoms with Crippen LogP contribution in [-0.2, 0) is 24.3 Å². The summed E-state index contributed by atoms with van der Waals surface area (Å²) in [6.45, 7) is 3.64. The summed E-state index contributed by atoms with van der Waals surface area (Å²) in [7, 11) is 0. The third kappa shape index (κ3) is 2.54. The lowest BCUT2D eigenvalue weighted by Gasteiger charge is -2.07. The summed E-state index contributed by atoms with van der Waals surface area (Å²) in [5.74, 6) is -0.809. The summed E-state index contributed by atoms with van der Waals surface area (Å²) in [6.07, 6.45) is 5.65. The zero-order valence-corrected chi connectivity index (χ0v) is 11.9. The van der Waals surface area contributed by atoms with Crippen molar-refractivity contribution in [3.05, 3.63) is 54.2 Å². The lowest BCUT2D eigenvalue weighted by atomic mass is 10.1. The molecule has 0 radical (unpaired) electrons. The highest BCUT2D eigenvalue weighted by atomic mass is 16.4. The first-order valence-corrected chi connectivity index (χ1v) is 6.96. The van der Waals surface area contributed by atoms with Crippen molar-refractivity contribution in [1.29, 1.82) is 0 Å². The molecule has 3 rings (SSSR count). The highest BCUT2D eigenvalue weighted by Gasteiger charge is 2.12. The molecule has 1 N–H and O–H groups in total. The van der Waals surface area contributed by atoms with Crippen molar-refractivity contribution < 1.29 is 9.90 Å². The summed E-state index contributed by atoms with van der Waals surface area (Å²) < 4.78 is 4.18. The Morgan fingerprint density at radius 2 is 2.10 bits per heavy atom. The molecule has 0 spiro atoms. The number of para-hydroxylation sites is 1. The molecule has 5 nitrogen and oxygen atoms in total. The Labute approximate surface area is 122 Å². The van der Waals surface area contributed by atoms with Crippen molar-refractivity contribution in [2.24, 2.45) is 0 Å². The Kier molecular flexibility index (Phi) is 3.48. The molecule has 0 saturated carbocycles. The van der Waals surface area contributed by atoms with E-state index in [-0.39, 0.29) is 6.42 Å². The van der Waals surface area contributed by atoms with E-state index in [4.69, 9.17) is 5.11 Å². The largest absolute Gasteiger partial charge is 0.481 e. The average molecular weight is 283 g/mol. The van der Waals surface area contributed by atoms with Crippen LogP contribution in [0.15, 0.2) is 43.0 Å². The SMILES string of the molecule is CCn1cncc1Cn1cc(CC(=O)O)c2ccccc21. The van der Waals surface area contributed by atoms with Gasteiger partial charge in [-0.25, -0.2) is 4.98 Å². The fourth-order valence-electron chi connectivity index (χ4n) is 2.70. The van der Waals surface area contributed by atoms with E-state index in [9.17, 15) is 4.79 Å². The second-order valence-corrected chi connectivity index (χ2v) is 5.04. The minimum absolute atomic E-state index is 0.0422. The van der Waals surface area contributed by atoms with Crippen molar-refractivity contribution in [1.82, 2.24) is 14.1 Å². The van der Waals surface area contributed by atoms with Crippen LogP contribution in [0.25, 0.3) is 10.9 Å². The van der Waals surface area contributed by atoms with Crippen LogP contribution in [0.5, 0.6) is 0 Å². The number of aryl methyl sites for hydroxylation is 1. The van der Waals surface area contributed by atoms with Crippen LogP contribution in [0, 0.1) is 0 Å². The normalized spacial score (nSPS) is 11.1. The van der Waals surface area contributed by atoms with Crippen LogP contribution in [-0.4, -0.2) is 25.2 Å². The van der Waals surface area contributed by atoms with Gasteiger partial charge in [0.2, 0.25) is 0 Å². The molecule has 0 fully saturated rings. The van der Waals surface area contributed by atoms with Gasteiger partial charge in [-0.3, -0.25) is 4.79 Å². The quantitative estimate of drug-likeness (QED) is 0.782. The smallest absolute Gasteiger partial charge is 0.307 e. The van der Waals surface area contributed by atoms with Crippen LogP contribution in [0.1, 0.15) is 18.2 Å². The van der Waals surface area contributed by atoms with E-state index in [1.807, 2.05) is 43.0 Å². The van der Waals surface area contributed by atoms with E-state index >= 15 is 0 Å². The molecule has 108 valence electrons. The maximum Gasteiger partial charge on any atom is 0.307 e. The third-order valence-electron chi connectivity index (χ3n) is 3.68. The van der Waals surface area contributed by atoms with Gasteiger partial charge in [0.1, 0.15) is 0 Å². The van der Waals surface area contributed by atoms with Gasteiger partial charge in [-0.2, -0.15) is 0 Å². The lowest BCUT2D eigenvalue weighted by Crippen LogP contribution is -2.05. The van der Waals surface area contributed by atoms with Crippen molar-refractivity contribution in [2.75, 3.05) is 0 Å². The number of hydrogen-bond donors (Lipinski definition) is 1. The molecule has 0 unspecified atom stereocenters. The summed E-state index contributed by atoms with van der Waals surface area (Å²) in [4.78, 5) is 15.2. The number of carbonyl (C=O) groups is 1. The van der Waals surface area contributed by atoms with E-state index in [1.54, 1.807) is 0 Å². The zero-order valence-electron chi connectivity index (χ0n) is 11.9. The van der Waals surface area contributed by atoms with Gasteiger partial charge in [0.25, 0.3) is 0 Å². The Bertz CT molecular complexity index is 786. The first-order chi connectivity index (χ1) is 10.2. The number of rotatable bonds is 5. The minimum Gasteiger partial charge on any atom is -0.481 e. The number of hydrogen-bond acceptors (Lipinski definition) is 2. The van der Waals surface area contributed by atoms with Gasteiger partial charge >= 0.3 is 5.97 Å². The maximum atomic E-state index is 11.0. The van der Waals surface area contributed by atoms with Gasteiger partial charge < -0.3 is 14.2 Å². The van der Waals surface area contributed by atoms with Crippen molar-refractivity contribution >= 4 is 16.9 Å². The summed E-state index contributed by atoms with van der Waals surface area (Å²) in [5, 5.41) is 10.1. The Morgan fingerprint density at radius 3 is 2.86 bits per heavy atom. The molecule has 21 heavy (non-hydrogen) atoms. The number of benzene rings is 1. The standard InChI is InChI=1S/C16H17N3O2/c1-2-18-11-17-8-13(18)10-19-9-12(7-16(20)21)14-5-3-4-6-15(14)19/h3-6,8-9,11H,2,7,10H2,1H3,(H,20,21). The molecule has 0 aliphatic heterocycles. The van der Waals surface area contributed by atoms with Crippen LogP contribution >= 0.6 is 0 Å². The maximum absolute atomic E-state index is 11.0. The number of imidazole rings is 1. The van der Waals surface area contributed by atoms with Crippen molar-refractivity contribution in [2.45, 2.75) is 26.4 Å². The highest BCUT2D eigenvalue weighted by molar-refractivity contribution is 5.87. The number of nitrogens with zero attached hydrogens (tertiary/aromatic N) is 3. The Hall–Kier alpha value is -2.56. The minimum atomic E-state index is -0.809. The molecule has 0 aliphatic carbocycles. The van der Waals surface area contributed by atoms with Gasteiger partial charge in [0.15, 0.2) is 0 Å². The summed E-state index contributed by atoms with van der Waals surface area (Å²) in [5.41, 5.74) is 3.01. The monoisotopic (exact) mass is 283 g/mol. The van der Waals surface area contributed by atoms with Crippen molar-refractivity contribution in [3.8, 4) is 0 Å². The molecule has 0 amide bonds. The number of fused-ring (bicyclic) bond motifs is 1. The highest BCUT2D eigenvalue weighted by Crippen LogP contribution is 2.23. The van der Waals surface area contributed by atoms with Crippen LogP contribution in [0.4, 0.5) is 0 Å². The van der Waals surface area contributed by atoms with Crippen LogP contribution < -0.4 is 0 Å². The number of aliphatic carboxylic acids is 1. The third-order valence-corrected chi connectivity index (χ3v) is 3.68. The first-order valence-electron chi connectivity index (χ1n) is 6.96. The topological polar surface area (TPSA) is 60.0 Å². The van der Waals surface area contributed by atoms with E-state index in [1.165, 1.54) is 0 Å². The number of carboxylic acids is 1.